The first-order valence-corrected chi connectivity index (χ1v) is 10.1. The Balaban J connectivity index is 1.63. The van der Waals surface area contributed by atoms with E-state index in [-0.39, 0.29) is 11.2 Å². The first kappa shape index (κ1) is 17.8. The van der Waals surface area contributed by atoms with Crippen LogP contribution in [0.4, 0.5) is 0 Å². The van der Waals surface area contributed by atoms with Crippen molar-refractivity contribution in [2.24, 2.45) is 0 Å². The first-order chi connectivity index (χ1) is 14.4. The van der Waals surface area contributed by atoms with Gasteiger partial charge in [-0.3, -0.25) is 14.4 Å². The number of hydrogen-bond donors (Lipinski definition) is 0. The monoisotopic (exact) mass is 396 g/mol. The van der Waals surface area contributed by atoms with Crippen LogP contribution in [0.2, 0.25) is 0 Å². The summed E-state index contributed by atoms with van der Waals surface area (Å²) in [4.78, 5) is 14.0. The standard InChI is InChI=1S/C23H21BN4O2/c1-22(2)23(3,4)30-24(29-22)14-7-8-18-17(12-14)27-21-16-6-5-10-26-20(16)15-9-11-25-13-19(15)28(18)21/h5-13H,1-4H3. The maximum atomic E-state index is 6.24. The van der Waals surface area contributed by atoms with Crippen LogP contribution in [0.25, 0.3) is 38.5 Å². The van der Waals surface area contributed by atoms with E-state index >= 15 is 0 Å². The predicted molar refractivity (Wildman–Crippen MR) is 119 cm³/mol. The number of rotatable bonds is 1. The Hall–Kier alpha value is -3.03. The molecule has 1 aromatic carbocycles. The van der Waals surface area contributed by atoms with Crippen molar-refractivity contribution in [3.8, 4) is 0 Å². The third kappa shape index (κ3) is 2.30. The molecule has 1 fully saturated rings. The van der Waals surface area contributed by atoms with Crippen LogP contribution in [0.5, 0.6) is 0 Å². The maximum Gasteiger partial charge on any atom is 0.494 e. The molecule has 0 saturated carbocycles. The van der Waals surface area contributed by atoms with Crippen LogP contribution in [0.15, 0.2) is 55.0 Å². The predicted octanol–water partition coefficient (Wildman–Crippen LogP) is 3.88. The number of nitrogens with zero attached hydrogens (tertiary/aromatic N) is 4. The van der Waals surface area contributed by atoms with Crippen molar-refractivity contribution in [2.45, 2.75) is 38.9 Å². The molecule has 4 aromatic heterocycles. The number of aromatic nitrogens is 4. The molecule has 0 atom stereocenters. The van der Waals surface area contributed by atoms with E-state index in [2.05, 4.69) is 66.3 Å². The molecule has 0 spiro atoms. The normalized spacial score (nSPS) is 18.2. The molecule has 0 aliphatic carbocycles. The Kier molecular flexibility index (Phi) is 3.43. The van der Waals surface area contributed by atoms with Gasteiger partial charge in [0.15, 0.2) is 0 Å². The minimum absolute atomic E-state index is 0.380. The highest BCUT2D eigenvalue weighted by molar-refractivity contribution is 6.62. The zero-order valence-corrected chi connectivity index (χ0v) is 17.4. The molecular weight excluding hydrogens is 375 g/mol. The first-order valence-electron chi connectivity index (χ1n) is 10.1. The fourth-order valence-electron chi connectivity index (χ4n) is 4.21. The Labute approximate surface area is 174 Å². The topological polar surface area (TPSA) is 61.5 Å². The van der Waals surface area contributed by atoms with E-state index in [0.29, 0.717) is 0 Å². The van der Waals surface area contributed by atoms with Crippen LogP contribution in [0.3, 0.4) is 0 Å². The van der Waals surface area contributed by atoms with Crippen molar-refractivity contribution >= 4 is 51.1 Å². The molecule has 7 heteroatoms. The average molecular weight is 396 g/mol. The van der Waals surface area contributed by atoms with Crippen LogP contribution >= 0.6 is 0 Å². The van der Waals surface area contributed by atoms with Crippen molar-refractivity contribution in [2.75, 3.05) is 0 Å². The van der Waals surface area contributed by atoms with Gasteiger partial charge in [0, 0.05) is 23.2 Å². The number of hydrogen-bond acceptors (Lipinski definition) is 5. The van der Waals surface area contributed by atoms with Gasteiger partial charge in [-0.15, -0.1) is 0 Å². The van der Waals surface area contributed by atoms with E-state index in [4.69, 9.17) is 14.3 Å². The molecule has 1 aliphatic heterocycles. The fourth-order valence-corrected chi connectivity index (χ4v) is 4.21. The highest BCUT2D eigenvalue weighted by atomic mass is 16.7. The second-order valence-corrected chi connectivity index (χ2v) is 8.90. The number of imidazole rings is 1. The Morgan fingerprint density at radius 3 is 2.50 bits per heavy atom. The van der Waals surface area contributed by atoms with Gasteiger partial charge in [0.25, 0.3) is 0 Å². The lowest BCUT2D eigenvalue weighted by Crippen LogP contribution is -2.41. The van der Waals surface area contributed by atoms with Gasteiger partial charge in [0.05, 0.1) is 39.5 Å². The molecule has 0 N–H and O–H groups in total. The molecule has 1 aliphatic rings. The summed E-state index contributed by atoms with van der Waals surface area (Å²) in [7, 11) is -0.416. The van der Waals surface area contributed by atoms with Gasteiger partial charge < -0.3 is 9.31 Å². The van der Waals surface area contributed by atoms with Gasteiger partial charge >= 0.3 is 7.12 Å². The summed E-state index contributed by atoms with van der Waals surface area (Å²) in [6.45, 7) is 8.26. The summed E-state index contributed by atoms with van der Waals surface area (Å²) in [5.74, 6) is 0. The van der Waals surface area contributed by atoms with E-state index in [1.54, 1.807) is 6.20 Å². The quantitative estimate of drug-likeness (QED) is 0.318. The SMILES string of the molecule is CC1(C)OB(c2ccc3c(c2)nc2c4cccnc4c4ccncc4n32)OC1(C)C. The van der Waals surface area contributed by atoms with Crippen LogP contribution in [-0.2, 0) is 9.31 Å². The van der Waals surface area contributed by atoms with Crippen LogP contribution in [0.1, 0.15) is 27.7 Å². The van der Waals surface area contributed by atoms with Gasteiger partial charge in [-0.05, 0) is 63.5 Å². The minimum Gasteiger partial charge on any atom is -0.399 e. The average Bonchev–Trinajstić information content (AvgIpc) is 3.22. The maximum absolute atomic E-state index is 6.24. The minimum atomic E-state index is -0.416. The highest BCUT2D eigenvalue weighted by Crippen LogP contribution is 2.37. The summed E-state index contributed by atoms with van der Waals surface area (Å²) in [6.07, 6.45) is 5.50. The van der Waals surface area contributed by atoms with Crippen molar-refractivity contribution in [1.82, 2.24) is 19.4 Å². The molecule has 0 radical (unpaired) electrons. The number of pyridine rings is 3. The van der Waals surface area contributed by atoms with Gasteiger partial charge in [-0.2, -0.15) is 0 Å². The lowest BCUT2D eigenvalue weighted by atomic mass is 9.79. The molecule has 6 nitrogen and oxygen atoms in total. The van der Waals surface area contributed by atoms with E-state index in [1.807, 2.05) is 24.5 Å². The lowest BCUT2D eigenvalue weighted by Gasteiger charge is -2.32. The summed E-state index contributed by atoms with van der Waals surface area (Å²) in [5.41, 5.74) is 4.92. The van der Waals surface area contributed by atoms with E-state index in [0.717, 1.165) is 43.9 Å². The van der Waals surface area contributed by atoms with Gasteiger partial charge in [-0.1, -0.05) is 6.07 Å². The van der Waals surface area contributed by atoms with Crippen LogP contribution in [-0.4, -0.2) is 37.7 Å². The zero-order valence-electron chi connectivity index (χ0n) is 17.4. The molecule has 6 rings (SSSR count). The molecule has 5 heterocycles. The van der Waals surface area contributed by atoms with Crippen LogP contribution in [0, 0.1) is 0 Å². The van der Waals surface area contributed by atoms with Crippen molar-refractivity contribution < 1.29 is 9.31 Å². The molecule has 0 bridgehead atoms. The molecule has 5 aromatic rings. The third-order valence-electron chi connectivity index (χ3n) is 6.55. The third-order valence-corrected chi connectivity index (χ3v) is 6.55. The Morgan fingerprint density at radius 2 is 1.70 bits per heavy atom. The second kappa shape index (κ2) is 5.77. The van der Waals surface area contributed by atoms with E-state index in [9.17, 15) is 0 Å². The van der Waals surface area contributed by atoms with E-state index < -0.39 is 7.12 Å². The number of fused-ring (bicyclic) bond motifs is 8. The Bertz CT molecular complexity index is 1460. The molecule has 148 valence electrons. The molecule has 30 heavy (non-hydrogen) atoms. The lowest BCUT2D eigenvalue weighted by molar-refractivity contribution is 0.00578. The highest BCUT2D eigenvalue weighted by Gasteiger charge is 2.51. The molecule has 0 amide bonds. The summed E-state index contributed by atoms with van der Waals surface area (Å²) >= 11 is 0. The van der Waals surface area contributed by atoms with Crippen LogP contribution < -0.4 is 5.46 Å². The largest absolute Gasteiger partial charge is 0.494 e. The summed E-state index contributed by atoms with van der Waals surface area (Å²) < 4.78 is 14.6. The smallest absolute Gasteiger partial charge is 0.399 e. The Morgan fingerprint density at radius 1 is 0.900 bits per heavy atom. The van der Waals surface area contributed by atoms with Gasteiger partial charge in [0.2, 0.25) is 0 Å². The zero-order chi connectivity index (χ0) is 20.7. The fraction of sp³-hybridized carbons (Fsp3) is 0.261. The van der Waals surface area contributed by atoms with Gasteiger partial charge in [0.1, 0.15) is 5.65 Å². The van der Waals surface area contributed by atoms with Crippen molar-refractivity contribution in [1.29, 1.82) is 0 Å². The summed E-state index contributed by atoms with van der Waals surface area (Å²) in [5, 5.41) is 2.08. The van der Waals surface area contributed by atoms with Gasteiger partial charge in [-0.25, -0.2) is 4.98 Å². The second-order valence-electron chi connectivity index (χ2n) is 8.90. The molecular formula is C23H21BN4O2. The van der Waals surface area contributed by atoms with Crippen molar-refractivity contribution in [3.05, 3.63) is 55.0 Å². The molecule has 1 saturated heterocycles. The van der Waals surface area contributed by atoms with Crippen molar-refractivity contribution in [3.63, 3.8) is 0 Å². The summed E-state index contributed by atoms with van der Waals surface area (Å²) in [6, 6.07) is 12.2. The molecule has 0 unspecified atom stereocenters. The van der Waals surface area contributed by atoms with E-state index in [1.165, 1.54) is 0 Å². The number of benzene rings is 1.